The molecule has 1 unspecified atom stereocenters. The molecule has 1 heterocycles. The van der Waals surface area contributed by atoms with Crippen LogP contribution in [0.1, 0.15) is 45.7 Å². The molecule has 2 N–H and O–H groups in total. The average Bonchev–Trinajstić information content (AvgIpc) is 3.12. The van der Waals surface area contributed by atoms with Gasteiger partial charge in [-0.25, -0.2) is 0 Å². The summed E-state index contributed by atoms with van der Waals surface area (Å²) in [5, 5.41) is 21.4. The van der Waals surface area contributed by atoms with Crippen molar-refractivity contribution >= 4 is 11.7 Å². The summed E-state index contributed by atoms with van der Waals surface area (Å²) in [4.78, 5) is 24.7. The molecule has 0 radical (unpaired) electrons. The van der Waals surface area contributed by atoms with Gasteiger partial charge < -0.3 is 15.0 Å². The van der Waals surface area contributed by atoms with Crippen molar-refractivity contribution in [3.05, 3.63) is 48.3 Å². The number of nitrogens with one attached hydrogen (secondary N) is 1. The topological polar surface area (TPSA) is 95.1 Å². The van der Waals surface area contributed by atoms with E-state index in [4.69, 9.17) is 5.26 Å². The molecule has 0 spiro atoms. The zero-order valence-corrected chi connectivity index (χ0v) is 16.8. The third kappa shape index (κ3) is 5.30. The number of nitriles is 1. The normalized spacial score (nSPS) is 13.4. The van der Waals surface area contributed by atoms with Gasteiger partial charge in [-0.1, -0.05) is 32.9 Å². The number of aliphatic hydroxyl groups excluding tert-OH is 1. The van der Waals surface area contributed by atoms with E-state index in [1.165, 1.54) is 6.92 Å². The van der Waals surface area contributed by atoms with Crippen LogP contribution in [0.2, 0.25) is 0 Å². The summed E-state index contributed by atoms with van der Waals surface area (Å²) in [5.41, 5.74) is 2.08. The molecule has 2 atom stereocenters. The van der Waals surface area contributed by atoms with E-state index in [1.807, 2.05) is 45.2 Å². The number of amides is 1. The van der Waals surface area contributed by atoms with Gasteiger partial charge in [0.25, 0.3) is 0 Å². The van der Waals surface area contributed by atoms with E-state index in [-0.39, 0.29) is 30.1 Å². The van der Waals surface area contributed by atoms with Gasteiger partial charge in [0.1, 0.15) is 11.8 Å². The summed E-state index contributed by atoms with van der Waals surface area (Å²) in [6.45, 7) is 7.09. The number of carbonyl (C=O) groups excluding carboxylic acids is 2. The molecular formula is C22H27N3O3. The predicted molar refractivity (Wildman–Crippen MR) is 107 cm³/mol. The van der Waals surface area contributed by atoms with E-state index in [1.54, 1.807) is 22.9 Å². The second-order valence-corrected chi connectivity index (χ2v) is 8.07. The highest BCUT2D eigenvalue weighted by molar-refractivity contribution is 5.87. The van der Waals surface area contributed by atoms with Crippen LogP contribution in [0.4, 0.5) is 0 Å². The van der Waals surface area contributed by atoms with Crippen molar-refractivity contribution in [1.29, 1.82) is 5.26 Å². The van der Waals surface area contributed by atoms with Gasteiger partial charge >= 0.3 is 0 Å². The fourth-order valence-corrected chi connectivity index (χ4v) is 2.92. The first-order chi connectivity index (χ1) is 13.2. The molecular weight excluding hydrogens is 354 g/mol. The molecule has 0 bridgehead atoms. The van der Waals surface area contributed by atoms with Crippen LogP contribution < -0.4 is 5.32 Å². The molecule has 2 aromatic rings. The number of aliphatic hydroxyl groups is 1. The van der Waals surface area contributed by atoms with E-state index in [2.05, 4.69) is 11.4 Å². The molecule has 1 amide bonds. The number of hydrogen-bond donors (Lipinski definition) is 2. The molecule has 0 aliphatic rings. The first-order valence-electron chi connectivity index (χ1n) is 9.24. The van der Waals surface area contributed by atoms with Crippen molar-refractivity contribution in [3.63, 3.8) is 0 Å². The molecule has 148 valence electrons. The lowest BCUT2D eigenvalue weighted by Gasteiger charge is -2.31. The lowest BCUT2D eigenvalue weighted by atomic mass is 9.87. The largest absolute Gasteiger partial charge is 0.394 e. The number of aromatic nitrogens is 1. The van der Waals surface area contributed by atoms with Crippen molar-refractivity contribution in [1.82, 2.24) is 9.88 Å². The summed E-state index contributed by atoms with van der Waals surface area (Å²) in [6.07, 6.45) is 3.65. The molecule has 0 fully saturated rings. The Bertz CT molecular complexity index is 870. The van der Waals surface area contributed by atoms with Crippen LogP contribution in [0.15, 0.2) is 42.7 Å². The van der Waals surface area contributed by atoms with Crippen LogP contribution in [-0.4, -0.2) is 34.0 Å². The van der Waals surface area contributed by atoms with Gasteiger partial charge in [0, 0.05) is 18.8 Å². The van der Waals surface area contributed by atoms with Gasteiger partial charge in [-0.05, 0) is 41.7 Å². The minimum Gasteiger partial charge on any atom is -0.394 e. The van der Waals surface area contributed by atoms with Gasteiger partial charge in [-0.3, -0.25) is 9.59 Å². The maximum absolute atomic E-state index is 12.9. The van der Waals surface area contributed by atoms with Crippen molar-refractivity contribution in [2.75, 3.05) is 6.61 Å². The van der Waals surface area contributed by atoms with E-state index >= 15 is 0 Å². The van der Waals surface area contributed by atoms with E-state index in [0.717, 1.165) is 11.1 Å². The molecule has 0 aliphatic heterocycles. The highest BCUT2D eigenvalue weighted by atomic mass is 16.3. The zero-order valence-electron chi connectivity index (χ0n) is 16.8. The maximum Gasteiger partial charge on any atom is 0.243 e. The molecule has 1 aromatic heterocycles. The summed E-state index contributed by atoms with van der Waals surface area (Å²) in [6, 6.07) is 10.0. The Morgan fingerprint density at radius 3 is 2.32 bits per heavy atom. The molecule has 0 saturated carbocycles. The Labute approximate surface area is 165 Å². The fraction of sp³-hybridized carbons (Fsp3) is 0.409. The number of rotatable bonds is 7. The second-order valence-electron chi connectivity index (χ2n) is 8.07. The number of benzene rings is 1. The van der Waals surface area contributed by atoms with Crippen molar-refractivity contribution in [2.45, 2.75) is 46.2 Å². The van der Waals surface area contributed by atoms with Crippen molar-refractivity contribution in [2.24, 2.45) is 5.41 Å². The van der Waals surface area contributed by atoms with Crippen LogP contribution in [-0.2, 0) is 9.59 Å². The minimum atomic E-state index is -0.693. The summed E-state index contributed by atoms with van der Waals surface area (Å²) in [5.74, 6) is -0.392. The Kier molecular flexibility index (Phi) is 6.76. The highest BCUT2D eigenvalue weighted by Gasteiger charge is 2.29. The van der Waals surface area contributed by atoms with Gasteiger partial charge in [-0.2, -0.15) is 5.26 Å². The summed E-state index contributed by atoms with van der Waals surface area (Å²) in [7, 11) is 0. The third-order valence-corrected chi connectivity index (χ3v) is 4.75. The quantitative estimate of drug-likeness (QED) is 0.770. The van der Waals surface area contributed by atoms with E-state index < -0.39 is 12.1 Å². The van der Waals surface area contributed by atoms with Crippen molar-refractivity contribution < 1.29 is 14.7 Å². The number of hydrogen-bond acceptors (Lipinski definition) is 4. The monoisotopic (exact) mass is 381 g/mol. The van der Waals surface area contributed by atoms with E-state index in [0.29, 0.717) is 5.56 Å². The number of nitrogens with zero attached hydrogens (tertiary/aromatic N) is 2. The standard InChI is InChI=1S/C22H27N3O3/c1-15(27)11-19(21(28)24-20(14-26)22(2,3)4)25-10-9-18(13-25)17-7-5-16(12-23)6-8-17/h5-10,13,19-20,26H,11,14H2,1-4H3,(H,24,28)/t19?,20-/m1/s1. The molecule has 0 aliphatic carbocycles. The first-order valence-corrected chi connectivity index (χ1v) is 9.24. The summed E-state index contributed by atoms with van der Waals surface area (Å²) >= 11 is 0. The molecule has 2 rings (SSSR count). The number of Topliss-reactive ketones (excluding diaryl/α,β-unsaturated/α-hetero) is 1. The Morgan fingerprint density at radius 1 is 1.18 bits per heavy atom. The van der Waals surface area contributed by atoms with Crippen LogP contribution in [0.3, 0.4) is 0 Å². The molecule has 6 heteroatoms. The Morgan fingerprint density at radius 2 is 1.82 bits per heavy atom. The smallest absolute Gasteiger partial charge is 0.243 e. The van der Waals surface area contributed by atoms with E-state index in [9.17, 15) is 14.7 Å². The number of carbonyl (C=O) groups is 2. The van der Waals surface area contributed by atoms with Gasteiger partial charge in [0.2, 0.25) is 5.91 Å². The Hall–Kier alpha value is -2.91. The van der Waals surface area contributed by atoms with Gasteiger partial charge in [0.15, 0.2) is 0 Å². The molecule has 6 nitrogen and oxygen atoms in total. The first kappa shape index (κ1) is 21.4. The zero-order chi connectivity index (χ0) is 20.9. The van der Waals surface area contributed by atoms with Crippen LogP contribution in [0.5, 0.6) is 0 Å². The fourth-order valence-electron chi connectivity index (χ4n) is 2.92. The number of ketones is 1. The van der Waals surface area contributed by atoms with Gasteiger partial charge in [-0.15, -0.1) is 0 Å². The van der Waals surface area contributed by atoms with Crippen LogP contribution >= 0.6 is 0 Å². The van der Waals surface area contributed by atoms with Crippen molar-refractivity contribution in [3.8, 4) is 17.2 Å². The lowest BCUT2D eigenvalue weighted by molar-refractivity contribution is -0.129. The average molecular weight is 381 g/mol. The van der Waals surface area contributed by atoms with Crippen LogP contribution in [0, 0.1) is 16.7 Å². The third-order valence-electron chi connectivity index (χ3n) is 4.75. The summed E-state index contributed by atoms with van der Waals surface area (Å²) < 4.78 is 1.72. The predicted octanol–water partition coefficient (Wildman–Crippen LogP) is 3.07. The Balaban J connectivity index is 2.28. The molecule has 0 saturated heterocycles. The molecule has 1 aromatic carbocycles. The molecule has 28 heavy (non-hydrogen) atoms. The highest BCUT2D eigenvalue weighted by Crippen LogP contribution is 2.25. The minimum absolute atomic E-state index is 0.0651. The second kappa shape index (κ2) is 8.85. The van der Waals surface area contributed by atoms with Crippen LogP contribution in [0.25, 0.3) is 11.1 Å². The van der Waals surface area contributed by atoms with Gasteiger partial charge in [0.05, 0.1) is 24.3 Å². The lowest BCUT2D eigenvalue weighted by Crippen LogP contribution is -2.48. The SMILES string of the molecule is CC(=O)CC(C(=O)N[C@H](CO)C(C)(C)C)n1ccc(-c2ccc(C#N)cc2)c1. The maximum atomic E-state index is 12.9.